The van der Waals surface area contributed by atoms with E-state index in [0.717, 1.165) is 11.1 Å². The Labute approximate surface area is 146 Å². The standard InChI is InChI=1S/C19H21NO5/c21-12-11-19(17(22)23,13-15-7-3-1-4-8-15)20-18(24)25-14-16-9-5-2-6-10-16/h1-10,21H,11-14H2,(H,20,24)(H,22,23)/t19-/m0/s1. The second-order valence-corrected chi connectivity index (χ2v) is 5.71. The van der Waals surface area contributed by atoms with Crippen molar-refractivity contribution in [1.29, 1.82) is 0 Å². The molecule has 0 saturated carbocycles. The molecule has 0 aliphatic carbocycles. The number of ether oxygens (including phenoxy) is 1. The molecule has 3 N–H and O–H groups in total. The number of carbonyl (C=O) groups is 2. The molecule has 6 heteroatoms. The predicted octanol–water partition coefficient (Wildman–Crippen LogP) is 2.36. The first-order valence-corrected chi connectivity index (χ1v) is 7.93. The minimum absolute atomic E-state index is 0.0346. The Morgan fingerprint density at radius 2 is 1.52 bits per heavy atom. The van der Waals surface area contributed by atoms with Gasteiger partial charge in [0.05, 0.1) is 0 Å². The number of aliphatic carboxylic acids is 1. The molecule has 25 heavy (non-hydrogen) atoms. The van der Waals surface area contributed by atoms with Crippen LogP contribution in [0.3, 0.4) is 0 Å². The normalized spacial score (nSPS) is 12.8. The molecule has 0 spiro atoms. The van der Waals surface area contributed by atoms with Crippen LogP contribution in [0.4, 0.5) is 4.79 Å². The van der Waals surface area contributed by atoms with E-state index >= 15 is 0 Å². The Balaban J connectivity index is 2.09. The van der Waals surface area contributed by atoms with Gasteiger partial charge in [-0.3, -0.25) is 0 Å². The Kier molecular flexibility index (Phi) is 6.54. The van der Waals surface area contributed by atoms with Crippen LogP contribution >= 0.6 is 0 Å². The number of amides is 1. The van der Waals surface area contributed by atoms with Crippen LogP contribution in [0.5, 0.6) is 0 Å². The maximum atomic E-state index is 12.1. The van der Waals surface area contributed by atoms with E-state index in [1.165, 1.54) is 0 Å². The molecule has 132 valence electrons. The van der Waals surface area contributed by atoms with Gasteiger partial charge in [-0.1, -0.05) is 60.7 Å². The maximum absolute atomic E-state index is 12.1. The van der Waals surface area contributed by atoms with Crippen LogP contribution in [0.15, 0.2) is 60.7 Å². The average Bonchev–Trinajstić information content (AvgIpc) is 2.62. The molecular weight excluding hydrogens is 322 g/mol. The Morgan fingerprint density at radius 3 is 2.04 bits per heavy atom. The van der Waals surface area contributed by atoms with E-state index in [0.29, 0.717) is 0 Å². The first kappa shape index (κ1) is 18.5. The van der Waals surface area contributed by atoms with E-state index in [1.54, 1.807) is 36.4 Å². The van der Waals surface area contributed by atoms with Gasteiger partial charge in [-0.25, -0.2) is 9.59 Å². The molecule has 0 aliphatic heterocycles. The van der Waals surface area contributed by atoms with Crippen molar-refractivity contribution in [3.05, 3.63) is 71.8 Å². The molecule has 0 unspecified atom stereocenters. The zero-order valence-electron chi connectivity index (χ0n) is 13.7. The third kappa shape index (κ3) is 5.32. The molecule has 2 aromatic carbocycles. The number of hydrogen-bond donors (Lipinski definition) is 3. The van der Waals surface area contributed by atoms with Gasteiger partial charge in [-0.15, -0.1) is 0 Å². The van der Waals surface area contributed by atoms with Crippen molar-refractivity contribution >= 4 is 12.1 Å². The summed E-state index contributed by atoms with van der Waals surface area (Å²) >= 11 is 0. The number of hydrogen-bond acceptors (Lipinski definition) is 4. The van der Waals surface area contributed by atoms with Crippen LogP contribution in [0, 0.1) is 0 Å². The molecule has 0 radical (unpaired) electrons. The number of alkyl carbamates (subject to hydrolysis) is 1. The highest BCUT2D eigenvalue weighted by atomic mass is 16.5. The lowest BCUT2D eigenvalue weighted by Gasteiger charge is -2.29. The summed E-state index contributed by atoms with van der Waals surface area (Å²) in [5.74, 6) is -1.22. The first-order valence-electron chi connectivity index (χ1n) is 7.93. The number of carbonyl (C=O) groups excluding carboxylic acids is 1. The van der Waals surface area contributed by atoms with Crippen LogP contribution in [0.25, 0.3) is 0 Å². The zero-order chi connectivity index (χ0) is 18.1. The number of rotatable bonds is 8. The molecule has 2 rings (SSSR count). The summed E-state index contributed by atoms with van der Waals surface area (Å²) in [7, 11) is 0. The number of aliphatic hydroxyl groups excluding tert-OH is 1. The van der Waals surface area contributed by atoms with Gasteiger partial charge < -0.3 is 20.3 Å². The number of benzene rings is 2. The van der Waals surface area contributed by atoms with E-state index in [1.807, 2.05) is 24.3 Å². The van der Waals surface area contributed by atoms with Gasteiger partial charge in [0.25, 0.3) is 0 Å². The van der Waals surface area contributed by atoms with Gasteiger partial charge in [0, 0.05) is 19.4 Å². The number of aliphatic hydroxyl groups is 1. The summed E-state index contributed by atoms with van der Waals surface area (Å²) < 4.78 is 5.12. The van der Waals surface area contributed by atoms with Crippen LogP contribution in [-0.4, -0.2) is 34.4 Å². The van der Waals surface area contributed by atoms with Gasteiger partial charge in [0.15, 0.2) is 0 Å². The minimum atomic E-state index is -1.64. The summed E-state index contributed by atoms with van der Waals surface area (Å²) in [4.78, 5) is 24.0. The fraction of sp³-hybridized carbons (Fsp3) is 0.263. The highest BCUT2D eigenvalue weighted by Gasteiger charge is 2.40. The molecule has 1 atom stereocenters. The largest absolute Gasteiger partial charge is 0.479 e. The van der Waals surface area contributed by atoms with Gasteiger partial charge in [-0.2, -0.15) is 0 Å². The molecule has 2 aromatic rings. The molecule has 0 heterocycles. The summed E-state index contributed by atoms with van der Waals surface area (Å²) in [5, 5.41) is 21.4. The Bertz CT molecular complexity index is 689. The fourth-order valence-corrected chi connectivity index (χ4v) is 2.52. The minimum Gasteiger partial charge on any atom is -0.479 e. The molecule has 0 aliphatic rings. The molecule has 6 nitrogen and oxygen atoms in total. The highest BCUT2D eigenvalue weighted by molar-refractivity contribution is 5.84. The molecule has 0 bridgehead atoms. The average molecular weight is 343 g/mol. The van der Waals surface area contributed by atoms with Gasteiger partial charge in [0.2, 0.25) is 0 Å². The zero-order valence-corrected chi connectivity index (χ0v) is 13.7. The van der Waals surface area contributed by atoms with E-state index in [-0.39, 0.29) is 26.1 Å². The third-order valence-electron chi connectivity index (χ3n) is 3.85. The monoisotopic (exact) mass is 343 g/mol. The van der Waals surface area contributed by atoms with Crippen molar-refractivity contribution in [2.75, 3.05) is 6.61 Å². The summed E-state index contributed by atoms with van der Waals surface area (Å²) in [6.07, 6.45) is -0.919. The summed E-state index contributed by atoms with van der Waals surface area (Å²) in [6, 6.07) is 18.0. The predicted molar refractivity (Wildman–Crippen MR) is 92.0 cm³/mol. The lowest BCUT2D eigenvalue weighted by molar-refractivity contribution is -0.145. The topological polar surface area (TPSA) is 95.9 Å². The van der Waals surface area contributed by atoms with Crippen LogP contribution in [0.2, 0.25) is 0 Å². The quantitative estimate of drug-likeness (QED) is 0.684. The van der Waals surface area contributed by atoms with E-state index < -0.39 is 17.6 Å². The third-order valence-corrected chi connectivity index (χ3v) is 3.85. The van der Waals surface area contributed by atoms with Crippen LogP contribution in [0.1, 0.15) is 17.5 Å². The van der Waals surface area contributed by atoms with E-state index in [2.05, 4.69) is 5.32 Å². The maximum Gasteiger partial charge on any atom is 0.408 e. The number of nitrogens with one attached hydrogen (secondary N) is 1. The highest BCUT2D eigenvalue weighted by Crippen LogP contribution is 2.19. The number of carboxylic acid groups (broad SMARTS) is 1. The first-order chi connectivity index (χ1) is 12.1. The van der Waals surface area contributed by atoms with Crippen molar-refractivity contribution in [3.63, 3.8) is 0 Å². The lowest BCUT2D eigenvalue weighted by atomic mass is 9.88. The molecule has 0 fully saturated rings. The van der Waals surface area contributed by atoms with Crippen molar-refractivity contribution in [3.8, 4) is 0 Å². The van der Waals surface area contributed by atoms with Crippen molar-refractivity contribution in [1.82, 2.24) is 5.32 Å². The summed E-state index contributed by atoms with van der Waals surface area (Å²) in [6.45, 7) is -0.342. The molecular formula is C19H21NO5. The summed E-state index contributed by atoms with van der Waals surface area (Å²) in [5.41, 5.74) is -0.102. The molecule has 0 saturated heterocycles. The molecule has 0 aromatic heterocycles. The Morgan fingerprint density at radius 1 is 0.960 bits per heavy atom. The second kappa shape index (κ2) is 8.84. The van der Waals surface area contributed by atoms with Gasteiger partial charge >= 0.3 is 12.1 Å². The molecule has 1 amide bonds. The van der Waals surface area contributed by atoms with Crippen LogP contribution in [-0.2, 0) is 22.6 Å². The fourth-order valence-electron chi connectivity index (χ4n) is 2.52. The lowest BCUT2D eigenvalue weighted by Crippen LogP contribution is -2.56. The van der Waals surface area contributed by atoms with Crippen molar-refractivity contribution in [2.24, 2.45) is 0 Å². The van der Waals surface area contributed by atoms with Gasteiger partial charge in [0.1, 0.15) is 12.1 Å². The number of carboxylic acids is 1. The smallest absolute Gasteiger partial charge is 0.408 e. The van der Waals surface area contributed by atoms with Crippen molar-refractivity contribution < 1.29 is 24.5 Å². The second-order valence-electron chi connectivity index (χ2n) is 5.71. The SMILES string of the molecule is O=C(N[C@@](CCO)(Cc1ccccc1)C(=O)O)OCc1ccccc1. The Hall–Kier alpha value is -2.86. The van der Waals surface area contributed by atoms with Gasteiger partial charge in [-0.05, 0) is 11.1 Å². The van der Waals surface area contributed by atoms with Crippen LogP contribution < -0.4 is 5.32 Å². The van der Waals surface area contributed by atoms with E-state index in [9.17, 15) is 19.8 Å². The van der Waals surface area contributed by atoms with E-state index in [4.69, 9.17) is 4.74 Å². The van der Waals surface area contributed by atoms with Crippen molar-refractivity contribution in [2.45, 2.75) is 25.0 Å².